The van der Waals surface area contributed by atoms with Crippen LogP contribution in [-0.4, -0.2) is 12.5 Å². The fourth-order valence-electron chi connectivity index (χ4n) is 2.01. The highest BCUT2D eigenvalue weighted by molar-refractivity contribution is 14.1. The third kappa shape index (κ3) is 5.15. The molecule has 7 heteroatoms. The summed E-state index contributed by atoms with van der Waals surface area (Å²) >= 11 is 4.28. The van der Waals surface area contributed by atoms with Crippen LogP contribution in [0.25, 0.3) is 6.08 Å². The SMILES string of the molecule is CCOc1c(I)cc(/C=C(/C#N)C(=O)Nc2ccccc2F)cc1I. The maximum Gasteiger partial charge on any atom is 0.266 e. The van der Waals surface area contributed by atoms with Gasteiger partial charge in [0.25, 0.3) is 5.91 Å². The van der Waals surface area contributed by atoms with Gasteiger partial charge in [-0.15, -0.1) is 0 Å². The Hall–Kier alpha value is -1.67. The van der Waals surface area contributed by atoms with Crippen LogP contribution in [0.5, 0.6) is 5.75 Å². The average Bonchev–Trinajstić information content (AvgIpc) is 2.58. The van der Waals surface area contributed by atoms with Gasteiger partial charge in [-0.25, -0.2) is 4.39 Å². The Morgan fingerprint density at radius 1 is 1.32 bits per heavy atom. The summed E-state index contributed by atoms with van der Waals surface area (Å²) in [5.74, 6) is -0.444. The number of halogens is 3. The third-order valence-electron chi connectivity index (χ3n) is 3.11. The van der Waals surface area contributed by atoms with Gasteiger partial charge in [0.05, 0.1) is 19.4 Å². The van der Waals surface area contributed by atoms with Gasteiger partial charge in [0.1, 0.15) is 23.2 Å². The van der Waals surface area contributed by atoms with Crippen LogP contribution in [0.15, 0.2) is 42.0 Å². The van der Waals surface area contributed by atoms with Crippen LogP contribution in [0, 0.1) is 24.3 Å². The summed E-state index contributed by atoms with van der Waals surface area (Å²) in [7, 11) is 0. The molecule has 2 aromatic carbocycles. The van der Waals surface area contributed by atoms with Crippen molar-refractivity contribution in [1.82, 2.24) is 0 Å². The molecule has 0 spiro atoms. The van der Waals surface area contributed by atoms with E-state index in [1.165, 1.54) is 24.3 Å². The van der Waals surface area contributed by atoms with E-state index < -0.39 is 11.7 Å². The highest BCUT2D eigenvalue weighted by Crippen LogP contribution is 2.30. The van der Waals surface area contributed by atoms with Crippen molar-refractivity contribution in [3.8, 4) is 11.8 Å². The number of para-hydroxylation sites is 1. The number of benzene rings is 2. The summed E-state index contributed by atoms with van der Waals surface area (Å²) in [4.78, 5) is 12.2. The molecule has 128 valence electrons. The largest absolute Gasteiger partial charge is 0.492 e. The highest BCUT2D eigenvalue weighted by atomic mass is 127. The number of nitrogens with zero attached hydrogens (tertiary/aromatic N) is 1. The van der Waals surface area contributed by atoms with E-state index in [1.54, 1.807) is 6.07 Å². The number of nitrogens with one attached hydrogen (secondary N) is 1. The summed E-state index contributed by atoms with van der Waals surface area (Å²) in [5.41, 5.74) is 0.612. The molecule has 0 aliphatic carbocycles. The monoisotopic (exact) mass is 562 g/mol. The van der Waals surface area contributed by atoms with E-state index in [-0.39, 0.29) is 11.3 Å². The van der Waals surface area contributed by atoms with Gasteiger partial charge in [-0.05, 0) is 88.0 Å². The molecule has 2 rings (SSSR count). The molecular weight excluding hydrogens is 549 g/mol. The molecule has 2 aromatic rings. The average molecular weight is 562 g/mol. The normalized spacial score (nSPS) is 10.9. The Kier molecular flexibility index (Phi) is 7.19. The van der Waals surface area contributed by atoms with Gasteiger partial charge >= 0.3 is 0 Å². The molecule has 0 bridgehead atoms. The van der Waals surface area contributed by atoms with Gasteiger partial charge in [-0.2, -0.15) is 5.26 Å². The lowest BCUT2D eigenvalue weighted by Gasteiger charge is -2.10. The molecule has 0 unspecified atom stereocenters. The molecule has 25 heavy (non-hydrogen) atoms. The second-order valence-electron chi connectivity index (χ2n) is 4.85. The molecular formula is C18H13FI2N2O2. The number of rotatable bonds is 5. The molecule has 0 atom stereocenters. The number of carbonyl (C=O) groups is 1. The molecule has 0 fully saturated rings. The lowest BCUT2D eigenvalue weighted by Crippen LogP contribution is -2.14. The van der Waals surface area contributed by atoms with Crippen LogP contribution in [-0.2, 0) is 4.79 Å². The van der Waals surface area contributed by atoms with Crippen molar-refractivity contribution in [2.75, 3.05) is 11.9 Å². The zero-order chi connectivity index (χ0) is 18.4. The standard InChI is InChI=1S/C18H13FI2N2O2/c1-2-25-17-14(20)8-11(9-15(17)21)7-12(10-22)18(24)23-16-6-4-3-5-13(16)19/h3-9H,2H2,1H3,(H,23,24)/b12-7-. The van der Waals surface area contributed by atoms with Crippen LogP contribution in [0.4, 0.5) is 10.1 Å². The Labute approximate surface area is 172 Å². The van der Waals surface area contributed by atoms with Gasteiger partial charge in [0.15, 0.2) is 0 Å². The first-order valence-electron chi connectivity index (χ1n) is 7.25. The third-order valence-corrected chi connectivity index (χ3v) is 4.71. The van der Waals surface area contributed by atoms with Crippen LogP contribution < -0.4 is 10.1 Å². The van der Waals surface area contributed by atoms with E-state index in [4.69, 9.17) is 4.74 Å². The van der Waals surface area contributed by atoms with Crippen molar-refractivity contribution in [2.45, 2.75) is 6.92 Å². The minimum Gasteiger partial charge on any atom is -0.492 e. The number of hydrogen-bond acceptors (Lipinski definition) is 3. The summed E-state index contributed by atoms with van der Waals surface area (Å²) in [6.07, 6.45) is 1.47. The van der Waals surface area contributed by atoms with E-state index in [0.717, 1.165) is 12.9 Å². The molecule has 4 nitrogen and oxygen atoms in total. The minimum atomic E-state index is -0.661. The molecule has 1 amide bonds. The van der Waals surface area contributed by atoms with Gasteiger partial charge in [0, 0.05) is 0 Å². The first-order valence-corrected chi connectivity index (χ1v) is 9.41. The van der Waals surface area contributed by atoms with Crippen LogP contribution in [0.1, 0.15) is 12.5 Å². The van der Waals surface area contributed by atoms with Crippen LogP contribution in [0.2, 0.25) is 0 Å². The van der Waals surface area contributed by atoms with Crippen molar-refractivity contribution in [3.63, 3.8) is 0 Å². The first kappa shape index (κ1) is 19.7. The number of anilines is 1. The van der Waals surface area contributed by atoms with Crippen molar-refractivity contribution in [1.29, 1.82) is 5.26 Å². The molecule has 0 aromatic heterocycles. The van der Waals surface area contributed by atoms with E-state index in [1.807, 2.05) is 25.1 Å². The molecule has 1 N–H and O–H groups in total. The number of amides is 1. The smallest absolute Gasteiger partial charge is 0.266 e. The Morgan fingerprint density at radius 3 is 2.52 bits per heavy atom. The predicted molar refractivity (Wildman–Crippen MR) is 112 cm³/mol. The highest BCUT2D eigenvalue weighted by Gasteiger charge is 2.13. The number of nitriles is 1. The quantitative estimate of drug-likeness (QED) is 0.318. The fraction of sp³-hybridized carbons (Fsp3) is 0.111. The summed E-state index contributed by atoms with van der Waals surface area (Å²) in [6, 6.07) is 11.3. The second kappa shape index (κ2) is 9.15. The molecule has 0 aliphatic heterocycles. The first-order chi connectivity index (χ1) is 12.0. The second-order valence-corrected chi connectivity index (χ2v) is 7.17. The minimum absolute atomic E-state index is 0.0319. The van der Waals surface area contributed by atoms with Crippen LogP contribution >= 0.6 is 45.2 Å². The maximum atomic E-state index is 13.6. The Morgan fingerprint density at radius 2 is 1.96 bits per heavy atom. The molecule has 0 saturated carbocycles. The molecule has 0 aliphatic rings. The summed E-state index contributed by atoms with van der Waals surface area (Å²) < 4.78 is 21.0. The van der Waals surface area contributed by atoms with Crippen LogP contribution in [0.3, 0.4) is 0 Å². The molecule has 0 saturated heterocycles. The summed E-state index contributed by atoms with van der Waals surface area (Å²) in [5, 5.41) is 11.7. The lowest BCUT2D eigenvalue weighted by atomic mass is 10.1. The predicted octanol–water partition coefficient (Wildman–Crippen LogP) is 4.98. The van der Waals surface area contributed by atoms with Gasteiger partial charge in [-0.1, -0.05) is 12.1 Å². The topological polar surface area (TPSA) is 62.1 Å². The number of hydrogen-bond donors (Lipinski definition) is 1. The fourth-order valence-corrected chi connectivity index (χ4v) is 4.14. The van der Waals surface area contributed by atoms with E-state index >= 15 is 0 Å². The Bertz CT molecular complexity index is 853. The summed E-state index contributed by atoms with van der Waals surface area (Å²) in [6.45, 7) is 2.45. The van der Waals surface area contributed by atoms with E-state index in [2.05, 4.69) is 50.5 Å². The maximum absolute atomic E-state index is 13.6. The van der Waals surface area contributed by atoms with Crippen molar-refractivity contribution in [2.24, 2.45) is 0 Å². The van der Waals surface area contributed by atoms with Crippen molar-refractivity contribution >= 4 is 62.9 Å². The lowest BCUT2D eigenvalue weighted by molar-refractivity contribution is -0.112. The molecule has 0 heterocycles. The van der Waals surface area contributed by atoms with Gasteiger partial charge in [0.2, 0.25) is 0 Å². The van der Waals surface area contributed by atoms with E-state index in [9.17, 15) is 14.4 Å². The van der Waals surface area contributed by atoms with E-state index in [0.29, 0.717) is 12.2 Å². The zero-order valence-electron chi connectivity index (χ0n) is 13.1. The van der Waals surface area contributed by atoms with Crippen molar-refractivity contribution < 1.29 is 13.9 Å². The number of ether oxygens (including phenoxy) is 1. The molecule has 0 radical (unpaired) electrons. The zero-order valence-corrected chi connectivity index (χ0v) is 17.5. The van der Waals surface area contributed by atoms with Crippen molar-refractivity contribution in [3.05, 3.63) is 60.5 Å². The van der Waals surface area contributed by atoms with Gasteiger partial charge in [-0.3, -0.25) is 4.79 Å². The number of carbonyl (C=O) groups excluding carboxylic acids is 1. The Balaban J connectivity index is 2.30. The van der Waals surface area contributed by atoms with Gasteiger partial charge < -0.3 is 10.1 Å².